The molecule has 0 aromatic heterocycles. The highest BCUT2D eigenvalue weighted by molar-refractivity contribution is 5.27. The Hall–Kier alpha value is -1.10. The molecule has 21 heavy (non-hydrogen) atoms. The van der Waals surface area contributed by atoms with E-state index in [-0.39, 0.29) is 6.10 Å². The number of ether oxygens (including phenoxy) is 2. The smallest absolute Gasteiger partial charge is 0.118 e. The van der Waals surface area contributed by atoms with E-state index in [1.807, 2.05) is 12.1 Å². The number of aryl methyl sites for hydroxylation is 1. The Labute approximate surface area is 127 Å². The van der Waals surface area contributed by atoms with Crippen LogP contribution in [0.25, 0.3) is 0 Å². The van der Waals surface area contributed by atoms with Crippen LogP contribution >= 0.6 is 0 Å². The molecule has 1 fully saturated rings. The molecule has 4 nitrogen and oxygen atoms in total. The highest BCUT2D eigenvalue weighted by atomic mass is 16.5. The quantitative estimate of drug-likeness (QED) is 0.836. The van der Waals surface area contributed by atoms with Crippen molar-refractivity contribution in [3.8, 4) is 5.75 Å². The highest BCUT2D eigenvalue weighted by Gasteiger charge is 2.26. The lowest BCUT2D eigenvalue weighted by atomic mass is 10.0. The van der Waals surface area contributed by atoms with Crippen molar-refractivity contribution in [2.24, 2.45) is 0 Å². The van der Waals surface area contributed by atoms with E-state index in [1.165, 1.54) is 5.56 Å². The number of aliphatic hydroxyl groups excluding tert-OH is 1. The molecule has 1 aliphatic rings. The lowest BCUT2D eigenvalue weighted by molar-refractivity contribution is -0.0900. The van der Waals surface area contributed by atoms with Gasteiger partial charge in [-0.3, -0.25) is 4.90 Å². The molecule has 2 atom stereocenters. The number of benzene rings is 1. The summed E-state index contributed by atoms with van der Waals surface area (Å²) in [5, 5.41) is 10.3. The van der Waals surface area contributed by atoms with Crippen LogP contribution in [-0.4, -0.2) is 55.6 Å². The van der Waals surface area contributed by atoms with Gasteiger partial charge in [-0.1, -0.05) is 19.1 Å². The molecule has 2 rings (SSSR count). The molecule has 0 saturated carbocycles. The lowest BCUT2D eigenvalue weighted by Gasteiger charge is -2.35. The second-order valence-corrected chi connectivity index (χ2v) is 5.66. The van der Waals surface area contributed by atoms with Gasteiger partial charge in [-0.15, -0.1) is 0 Å². The zero-order chi connectivity index (χ0) is 15.1. The van der Waals surface area contributed by atoms with Crippen molar-refractivity contribution >= 4 is 0 Å². The van der Waals surface area contributed by atoms with Crippen LogP contribution in [0.2, 0.25) is 0 Å². The lowest BCUT2D eigenvalue weighted by Crippen LogP contribution is -2.47. The number of methoxy groups -OCH3 is 1. The summed E-state index contributed by atoms with van der Waals surface area (Å²) in [6.07, 6.45) is 2.29. The van der Waals surface area contributed by atoms with Gasteiger partial charge in [0.25, 0.3) is 0 Å². The van der Waals surface area contributed by atoms with Crippen LogP contribution in [-0.2, 0) is 11.2 Å². The first-order valence-corrected chi connectivity index (χ1v) is 7.88. The van der Waals surface area contributed by atoms with Crippen molar-refractivity contribution < 1.29 is 14.6 Å². The fourth-order valence-corrected chi connectivity index (χ4v) is 2.78. The Bertz CT molecular complexity index is 405. The van der Waals surface area contributed by atoms with Crippen molar-refractivity contribution in [1.29, 1.82) is 0 Å². The van der Waals surface area contributed by atoms with E-state index in [1.54, 1.807) is 7.11 Å². The van der Waals surface area contributed by atoms with Gasteiger partial charge >= 0.3 is 0 Å². The molecule has 1 saturated heterocycles. The van der Waals surface area contributed by atoms with Gasteiger partial charge in [-0.2, -0.15) is 0 Å². The third kappa shape index (κ3) is 4.99. The Morgan fingerprint density at radius 1 is 1.38 bits per heavy atom. The van der Waals surface area contributed by atoms with Crippen molar-refractivity contribution in [3.05, 3.63) is 29.8 Å². The van der Waals surface area contributed by atoms with Crippen LogP contribution in [0.1, 0.15) is 25.3 Å². The maximum absolute atomic E-state index is 10.3. The summed E-state index contributed by atoms with van der Waals surface area (Å²) in [5.41, 5.74) is 1.22. The summed E-state index contributed by atoms with van der Waals surface area (Å²) in [5.74, 6) is 0.866. The normalized spacial score (nSPS) is 21.2. The predicted molar refractivity (Wildman–Crippen MR) is 83.8 cm³/mol. The molecule has 118 valence electrons. The van der Waals surface area contributed by atoms with Gasteiger partial charge in [0, 0.05) is 13.1 Å². The fraction of sp³-hybridized carbons (Fsp3) is 0.647. The van der Waals surface area contributed by atoms with Gasteiger partial charge in [0.15, 0.2) is 0 Å². The van der Waals surface area contributed by atoms with E-state index in [2.05, 4.69) is 24.0 Å². The SMILES string of the molecule is CCCN1CCOC(C(O)CCc2ccc(OC)cc2)C1. The Balaban J connectivity index is 1.78. The van der Waals surface area contributed by atoms with Crippen LogP contribution in [0, 0.1) is 0 Å². The van der Waals surface area contributed by atoms with Gasteiger partial charge in [0.05, 0.1) is 25.9 Å². The number of nitrogens with zero attached hydrogens (tertiary/aromatic N) is 1. The van der Waals surface area contributed by atoms with Crippen LogP contribution < -0.4 is 4.74 Å². The van der Waals surface area contributed by atoms with Crippen molar-refractivity contribution in [2.75, 3.05) is 33.4 Å². The molecule has 1 aromatic carbocycles. The summed E-state index contributed by atoms with van der Waals surface area (Å²) in [6.45, 7) is 5.83. The van der Waals surface area contributed by atoms with E-state index >= 15 is 0 Å². The van der Waals surface area contributed by atoms with E-state index in [0.29, 0.717) is 0 Å². The number of morpholine rings is 1. The third-order valence-electron chi connectivity index (χ3n) is 4.03. The monoisotopic (exact) mass is 293 g/mol. The van der Waals surface area contributed by atoms with Crippen molar-refractivity contribution in [1.82, 2.24) is 4.90 Å². The first-order chi connectivity index (χ1) is 10.2. The molecule has 0 radical (unpaired) electrons. The second-order valence-electron chi connectivity index (χ2n) is 5.66. The number of hydrogen-bond donors (Lipinski definition) is 1. The molecular weight excluding hydrogens is 266 g/mol. The van der Waals surface area contributed by atoms with E-state index in [0.717, 1.165) is 51.3 Å². The Morgan fingerprint density at radius 3 is 2.81 bits per heavy atom. The molecule has 0 spiro atoms. The molecule has 1 N–H and O–H groups in total. The van der Waals surface area contributed by atoms with Gasteiger partial charge in [0.1, 0.15) is 5.75 Å². The molecule has 1 heterocycles. The largest absolute Gasteiger partial charge is 0.497 e. The van der Waals surface area contributed by atoms with Crippen LogP contribution in [0.5, 0.6) is 5.75 Å². The van der Waals surface area contributed by atoms with Crippen LogP contribution in [0.3, 0.4) is 0 Å². The van der Waals surface area contributed by atoms with E-state index < -0.39 is 6.10 Å². The average Bonchev–Trinajstić information content (AvgIpc) is 2.53. The predicted octanol–water partition coefficient (Wildman–Crippen LogP) is 2.10. The summed E-state index contributed by atoms with van der Waals surface area (Å²) in [7, 11) is 1.67. The van der Waals surface area contributed by atoms with Crippen LogP contribution in [0.15, 0.2) is 24.3 Å². The number of aliphatic hydroxyl groups is 1. The molecule has 0 aliphatic carbocycles. The fourth-order valence-electron chi connectivity index (χ4n) is 2.78. The molecule has 0 bridgehead atoms. The molecule has 1 aliphatic heterocycles. The summed E-state index contributed by atoms with van der Waals surface area (Å²) < 4.78 is 10.9. The average molecular weight is 293 g/mol. The van der Waals surface area contributed by atoms with Gasteiger partial charge in [0.2, 0.25) is 0 Å². The van der Waals surface area contributed by atoms with Gasteiger partial charge in [-0.25, -0.2) is 0 Å². The Kier molecular flexibility index (Phi) is 6.49. The van der Waals surface area contributed by atoms with E-state index in [9.17, 15) is 5.11 Å². The topological polar surface area (TPSA) is 41.9 Å². The summed E-state index contributed by atoms with van der Waals surface area (Å²) >= 11 is 0. The molecule has 2 unspecified atom stereocenters. The van der Waals surface area contributed by atoms with Crippen LogP contribution in [0.4, 0.5) is 0 Å². The first kappa shape index (κ1) is 16.3. The third-order valence-corrected chi connectivity index (χ3v) is 4.03. The highest BCUT2D eigenvalue weighted by Crippen LogP contribution is 2.16. The standard InChI is InChI=1S/C17H27NO3/c1-3-10-18-11-12-21-17(13-18)16(19)9-6-14-4-7-15(20-2)8-5-14/h4-5,7-8,16-17,19H,3,6,9-13H2,1-2H3. The Morgan fingerprint density at radius 2 is 2.14 bits per heavy atom. The minimum atomic E-state index is -0.397. The maximum atomic E-state index is 10.3. The second kappa shape index (κ2) is 8.37. The van der Waals surface area contributed by atoms with E-state index in [4.69, 9.17) is 9.47 Å². The minimum Gasteiger partial charge on any atom is -0.497 e. The first-order valence-electron chi connectivity index (χ1n) is 7.88. The zero-order valence-corrected chi connectivity index (χ0v) is 13.1. The molecular formula is C17H27NO3. The van der Waals surface area contributed by atoms with Crippen molar-refractivity contribution in [2.45, 2.75) is 38.4 Å². The molecule has 4 heteroatoms. The maximum Gasteiger partial charge on any atom is 0.118 e. The number of hydrogen-bond acceptors (Lipinski definition) is 4. The summed E-state index contributed by atoms with van der Waals surface area (Å²) in [6, 6.07) is 8.02. The molecule has 0 amide bonds. The summed E-state index contributed by atoms with van der Waals surface area (Å²) in [4.78, 5) is 2.38. The zero-order valence-electron chi connectivity index (χ0n) is 13.1. The van der Waals surface area contributed by atoms with Crippen molar-refractivity contribution in [3.63, 3.8) is 0 Å². The van der Waals surface area contributed by atoms with Gasteiger partial charge in [-0.05, 0) is 43.5 Å². The van der Waals surface area contributed by atoms with Gasteiger partial charge < -0.3 is 14.6 Å². The minimum absolute atomic E-state index is 0.0523. The molecule has 1 aromatic rings. The number of rotatable bonds is 7.